The number of ether oxygens (including phenoxy) is 2. The molecule has 8 heteroatoms. The molecular weight excluding hydrogens is 448 g/mol. The van der Waals surface area contributed by atoms with E-state index in [1.807, 2.05) is 48.6 Å². The summed E-state index contributed by atoms with van der Waals surface area (Å²) in [6.45, 7) is 0. The molecule has 30 heavy (non-hydrogen) atoms. The van der Waals surface area contributed by atoms with E-state index in [4.69, 9.17) is 14.5 Å². The number of rotatable bonds is 2. The molecule has 0 saturated carbocycles. The summed E-state index contributed by atoms with van der Waals surface area (Å²) in [5.41, 5.74) is 1.36. The number of hydrogen-bond acceptors (Lipinski definition) is 6. The van der Waals surface area contributed by atoms with Gasteiger partial charge in [0.1, 0.15) is 5.70 Å². The maximum atomic E-state index is 11.2. The van der Waals surface area contributed by atoms with Gasteiger partial charge in [0.25, 0.3) is 0 Å². The maximum absolute atomic E-state index is 11.2. The summed E-state index contributed by atoms with van der Waals surface area (Å²) in [6.07, 6.45) is 14.8. The summed E-state index contributed by atoms with van der Waals surface area (Å²) < 4.78 is 10.2. The first kappa shape index (κ1) is 18.9. The van der Waals surface area contributed by atoms with Gasteiger partial charge in [0.15, 0.2) is 16.0 Å². The van der Waals surface area contributed by atoms with Crippen molar-refractivity contribution in [2.75, 3.05) is 14.2 Å². The van der Waals surface area contributed by atoms with Crippen LogP contribution in [-0.2, 0) is 9.47 Å². The predicted octanol–water partition coefficient (Wildman–Crippen LogP) is 1.27. The molecule has 1 aromatic heterocycles. The third kappa shape index (κ3) is 3.09. The molecule has 0 spiro atoms. The van der Waals surface area contributed by atoms with Crippen LogP contribution in [0, 0.1) is 0 Å². The van der Waals surface area contributed by atoms with Crippen LogP contribution in [0.2, 0.25) is 0 Å². The summed E-state index contributed by atoms with van der Waals surface area (Å²) in [7, 11) is 3.13. The topological polar surface area (TPSA) is 91.2 Å². The lowest BCUT2D eigenvalue weighted by atomic mass is 10.2. The van der Waals surface area contributed by atoms with Gasteiger partial charge in [0.2, 0.25) is 5.72 Å². The highest BCUT2D eigenvalue weighted by atomic mass is 79.9. The minimum atomic E-state index is -1.48. The lowest BCUT2D eigenvalue weighted by Gasteiger charge is -2.22. The number of aliphatic hydroxyl groups is 1. The quantitative estimate of drug-likeness (QED) is 0.452. The number of allylic oxidation sites excluding steroid dienone is 5. The average molecular weight is 467 g/mol. The predicted molar refractivity (Wildman–Crippen MR) is 119 cm³/mol. The van der Waals surface area contributed by atoms with E-state index < -0.39 is 10.2 Å². The number of nitrogens with zero attached hydrogens (tertiary/aromatic N) is 2. The third-order valence-corrected chi connectivity index (χ3v) is 5.90. The van der Waals surface area contributed by atoms with Crippen molar-refractivity contribution in [3.8, 4) is 0 Å². The zero-order chi connectivity index (χ0) is 20.9. The lowest BCUT2D eigenvalue weighted by Crippen LogP contribution is -2.42. The van der Waals surface area contributed by atoms with Crippen LogP contribution in [0.4, 0.5) is 0 Å². The fourth-order valence-electron chi connectivity index (χ4n) is 3.79. The minimum Gasteiger partial charge on any atom is -0.496 e. The van der Waals surface area contributed by atoms with Gasteiger partial charge in [0, 0.05) is 22.5 Å². The molecule has 8 bridgehead atoms. The van der Waals surface area contributed by atoms with Gasteiger partial charge in [-0.1, -0.05) is 0 Å². The van der Waals surface area contributed by atoms with Crippen molar-refractivity contribution in [2.24, 2.45) is 9.98 Å². The van der Waals surface area contributed by atoms with Crippen LogP contribution in [0.5, 0.6) is 0 Å². The number of halogens is 1. The molecule has 4 aliphatic rings. The molecule has 3 N–H and O–H groups in total. The summed E-state index contributed by atoms with van der Waals surface area (Å²) in [6, 6.07) is 3.81. The third-order valence-electron chi connectivity index (χ3n) is 5.10. The van der Waals surface area contributed by atoms with Gasteiger partial charge in [-0.25, -0.2) is 4.99 Å². The molecule has 4 aliphatic heterocycles. The molecule has 7 nitrogen and oxygen atoms in total. The van der Waals surface area contributed by atoms with E-state index in [-0.39, 0.29) is 0 Å². The molecule has 1 aromatic rings. The Balaban J connectivity index is 1.75. The van der Waals surface area contributed by atoms with E-state index >= 15 is 0 Å². The Morgan fingerprint density at radius 3 is 2.63 bits per heavy atom. The molecule has 0 saturated heterocycles. The summed E-state index contributed by atoms with van der Waals surface area (Å²) in [5, 5.41) is 15.9. The van der Waals surface area contributed by atoms with Gasteiger partial charge < -0.3 is 24.9 Å². The Morgan fingerprint density at radius 2 is 1.83 bits per heavy atom. The smallest absolute Gasteiger partial charge is 0.217 e. The van der Waals surface area contributed by atoms with Crippen LogP contribution >= 0.6 is 15.9 Å². The van der Waals surface area contributed by atoms with Crippen molar-refractivity contribution in [3.63, 3.8) is 0 Å². The number of nitrogens with one attached hydrogen (secondary N) is 2. The molecule has 5 rings (SSSR count). The van der Waals surface area contributed by atoms with Crippen molar-refractivity contribution in [3.05, 3.63) is 82.2 Å². The SMILES string of the molecule is COC1=CC2=CC3=NC(Br)(C=C3)C(OC)=C3C=CC(=N3)C=c3ccc([nH]3)=CC1(O)N2. The number of H-pyrrole nitrogens is 1. The number of aliphatic imine (C=N–C) groups is 2. The summed E-state index contributed by atoms with van der Waals surface area (Å²) >= 11 is 3.69. The second-order valence-electron chi connectivity index (χ2n) is 7.19. The standard InChI is InChI=1S/C22H19BrN4O3/c1-29-19-11-17-10-15-7-8-21(23,26-15)20(30-2)18-6-5-14(25-18)9-13-3-4-16(24-13)12-22(19,28)27-17/h3-12,24,27-28H,1-2H3. The number of aromatic amines is 1. The normalized spacial score (nSPS) is 28.8. The molecule has 0 aromatic carbocycles. The maximum Gasteiger partial charge on any atom is 0.217 e. The van der Waals surface area contributed by atoms with Crippen LogP contribution in [0.25, 0.3) is 12.2 Å². The van der Waals surface area contributed by atoms with Gasteiger partial charge in [-0.15, -0.1) is 0 Å². The van der Waals surface area contributed by atoms with Gasteiger partial charge in [-0.2, -0.15) is 0 Å². The molecule has 0 radical (unpaired) electrons. The minimum absolute atomic E-state index is 0.386. The van der Waals surface area contributed by atoms with E-state index in [0.29, 0.717) is 28.6 Å². The lowest BCUT2D eigenvalue weighted by molar-refractivity contribution is 0.0675. The Kier molecular flexibility index (Phi) is 4.23. The molecule has 2 atom stereocenters. The van der Waals surface area contributed by atoms with Gasteiger partial charge in [-0.3, -0.25) is 4.99 Å². The molecule has 5 heterocycles. The van der Waals surface area contributed by atoms with Gasteiger partial charge in [0.05, 0.1) is 25.6 Å². The highest BCUT2D eigenvalue weighted by Crippen LogP contribution is 2.38. The van der Waals surface area contributed by atoms with Crippen LogP contribution in [0.15, 0.2) is 81.5 Å². The Hall–Kier alpha value is -3.10. The van der Waals surface area contributed by atoms with Crippen molar-refractivity contribution < 1.29 is 14.6 Å². The summed E-state index contributed by atoms with van der Waals surface area (Å²) in [5.74, 6) is 0.973. The molecule has 152 valence electrons. The monoisotopic (exact) mass is 466 g/mol. The fourth-order valence-corrected chi connectivity index (χ4v) is 4.49. The first-order valence-electron chi connectivity index (χ1n) is 9.32. The molecule has 0 amide bonds. The second-order valence-corrected chi connectivity index (χ2v) is 8.40. The van der Waals surface area contributed by atoms with Crippen LogP contribution in [0.3, 0.4) is 0 Å². The molecule has 2 unspecified atom stereocenters. The van der Waals surface area contributed by atoms with Crippen molar-refractivity contribution >= 4 is 39.5 Å². The number of alkyl halides is 1. The fraction of sp³-hybridized carbons (Fsp3) is 0.182. The number of hydrogen-bond donors (Lipinski definition) is 3. The van der Waals surface area contributed by atoms with E-state index in [1.165, 1.54) is 7.11 Å². The van der Waals surface area contributed by atoms with Gasteiger partial charge in [-0.05, 0) is 70.6 Å². The highest BCUT2D eigenvalue weighted by molar-refractivity contribution is 9.10. The number of fused-ring (bicyclic) bond motifs is 6. The Labute approximate surface area is 181 Å². The largest absolute Gasteiger partial charge is 0.496 e. The molecule has 0 fully saturated rings. The Morgan fingerprint density at radius 1 is 1.00 bits per heavy atom. The van der Waals surface area contributed by atoms with Crippen molar-refractivity contribution in [1.29, 1.82) is 0 Å². The van der Waals surface area contributed by atoms with Crippen molar-refractivity contribution in [2.45, 2.75) is 10.2 Å². The van der Waals surface area contributed by atoms with Gasteiger partial charge >= 0.3 is 0 Å². The van der Waals surface area contributed by atoms with E-state index in [1.54, 1.807) is 19.3 Å². The number of methoxy groups -OCH3 is 2. The van der Waals surface area contributed by atoms with Crippen molar-refractivity contribution in [1.82, 2.24) is 10.3 Å². The van der Waals surface area contributed by atoms with Crippen LogP contribution in [0.1, 0.15) is 0 Å². The first-order chi connectivity index (χ1) is 14.4. The second kappa shape index (κ2) is 6.72. The van der Waals surface area contributed by atoms with Crippen LogP contribution < -0.4 is 16.0 Å². The zero-order valence-corrected chi connectivity index (χ0v) is 17.9. The Bertz CT molecular complexity index is 1280. The highest BCUT2D eigenvalue weighted by Gasteiger charge is 2.38. The van der Waals surface area contributed by atoms with Crippen LogP contribution in [-0.4, -0.2) is 45.9 Å². The molecule has 0 aliphatic carbocycles. The molecular formula is C22H19BrN4O3. The van der Waals surface area contributed by atoms with E-state index in [9.17, 15) is 5.11 Å². The average Bonchev–Trinajstić information content (AvgIpc) is 3.46. The zero-order valence-electron chi connectivity index (χ0n) is 16.3. The first-order valence-corrected chi connectivity index (χ1v) is 10.1. The van der Waals surface area contributed by atoms with E-state index in [2.05, 4.69) is 31.2 Å². The summed E-state index contributed by atoms with van der Waals surface area (Å²) in [4.78, 5) is 12.7. The number of aromatic nitrogens is 1. The van der Waals surface area contributed by atoms with E-state index in [0.717, 1.165) is 16.4 Å².